The van der Waals surface area contributed by atoms with E-state index in [-0.39, 0.29) is 0 Å². The average Bonchev–Trinajstić information content (AvgIpc) is 3.03. The summed E-state index contributed by atoms with van der Waals surface area (Å²) >= 11 is 0. The summed E-state index contributed by atoms with van der Waals surface area (Å²) in [5.74, 6) is 0. The monoisotopic (exact) mass is 378 g/mol. The van der Waals surface area contributed by atoms with Gasteiger partial charge in [0.2, 0.25) is 0 Å². The minimum Gasteiger partial charge on any atom is -0.347 e. The topological polar surface area (TPSA) is 78.9 Å². The fraction of sp³-hybridized carbons (Fsp3) is 0.222. The van der Waals surface area contributed by atoms with Gasteiger partial charge in [-0.15, -0.1) is 0 Å². The van der Waals surface area contributed by atoms with Gasteiger partial charge in [-0.1, -0.05) is 18.2 Å². The zero-order valence-corrected chi connectivity index (χ0v) is 14.1. The third-order valence-corrected chi connectivity index (χ3v) is 4.02. The summed E-state index contributed by atoms with van der Waals surface area (Å²) in [5.41, 5.74) is -1.23. The van der Waals surface area contributed by atoms with Crippen LogP contribution >= 0.6 is 0 Å². The van der Waals surface area contributed by atoms with E-state index in [9.17, 15) is 22.8 Å². The van der Waals surface area contributed by atoms with Crippen LogP contribution in [0.5, 0.6) is 0 Å². The van der Waals surface area contributed by atoms with Crippen LogP contribution in [0, 0.1) is 0 Å². The van der Waals surface area contributed by atoms with Crippen molar-refractivity contribution in [1.29, 1.82) is 0 Å². The Morgan fingerprint density at radius 3 is 2.74 bits per heavy atom. The molecule has 0 aliphatic rings. The largest absolute Gasteiger partial charge is 0.417 e. The van der Waals surface area contributed by atoms with Crippen LogP contribution < -0.4 is 16.2 Å². The molecule has 0 fully saturated rings. The molecule has 0 spiro atoms. The number of aryl methyl sites for hydroxylation is 1. The average molecular weight is 378 g/mol. The van der Waals surface area contributed by atoms with Gasteiger partial charge in [-0.25, -0.2) is 4.79 Å². The Bertz CT molecular complexity index is 1010. The lowest BCUT2D eigenvalue weighted by Crippen LogP contribution is -2.32. The van der Waals surface area contributed by atoms with E-state index < -0.39 is 29.0 Å². The number of rotatable bonds is 5. The highest BCUT2D eigenvalue weighted by Gasteiger charge is 2.31. The van der Waals surface area contributed by atoms with E-state index in [0.29, 0.717) is 31.8 Å². The normalized spacial score (nSPS) is 11.5. The quantitative estimate of drug-likeness (QED) is 0.594. The Kier molecular flexibility index (Phi) is 5.20. The predicted molar refractivity (Wildman–Crippen MR) is 95.6 cm³/mol. The first kappa shape index (κ1) is 18.6. The first-order valence-electron chi connectivity index (χ1n) is 8.23. The standard InChI is InChI=1S/C18H17F3N4O2/c19-18(20,21)13-10-14(16(26)23-11-13)24-17(27)22-7-3-8-25-9-6-12-4-1-2-5-15(12)25/h1-2,4-6,9-11H,3,7-8H2,(H,23,26)(H2,22,24,27). The van der Waals surface area contributed by atoms with Crippen LogP contribution in [0.2, 0.25) is 0 Å². The van der Waals surface area contributed by atoms with Crippen molar-refractivity contribution in [2.75, 3.05) is 11.9 Å². The van der Waals surface area contributed by atoms with Crippen molar-refractivity contribution in [3.63, 3.8) is 0 Å². The number of benzene rings is 1. The molecule has 0 unspecified atom stereocenters. The van der Waals surface area contributed by atoms with E-state index in [1.807, 2.05) is 46.1 Å². The number of hydrogen-bond donors (Lipinski definition) is 3. The smallest absolute Gasteiger partial charge is 0.347 e. The molecule has 0 bridgehead atoms. The second-order valence-electron chi connectivity index (χ2n) is 5.93. The number of halogens is 3. The van der Waals surface area contributed by atoms with Crippen molar-refractivity contribution < 1.29 is 18.0 Å². The Morgan fingerprint density at radius 2 is 1.96 bits per heavy atom. The van der Waals surface area contributed by atoms with Gasteiger partial charge in [-0.2, -0.15) is 13.2 Å². The molecule has 2 amide bonds. The Balaban J connectivity index is 1.52. The van der Waals surface area contributed by atoms with E-state index in [4.69, 9.17) is 0 Å². The number of anilines is 1. The van der Waals surface area contributed by atoms with Crippen LogP contribution in [-0.4, -0.2) is 22.1 Å². The van der Waals surface area contributed by atoms with Crippen LogP contribution in [0.1, 0.15) is 12.0 Å². The third kappa shape index (κ3) is 4.49. The van der Waals surface area contributed by atoms with E-state index in [2.05, 4.69) is 10.6 Å². The number of fused-ring (bicyclic) bond motifs is 1. The van der Waals surface area contributed by atoms with Gasteiger partial charge < -0.3 is 20.2 Å². The summed E-state index contributed by atoms with van der Waals surface area (Å²) in [6, 6.07) is 9.75. The Morgan fingerprint density at radius 1 is 1.19 bits per heavy atom. The number of aromatic amines is 1. The molecule has 2 aromatic heterocycles. The molecule has 0 aliphatic heterocycles. The highest BCUT2D eigenvalue weighted by molar-refractivity contribution is 5.89. The molecule has 0 aliphatic carbocycles. The molecular formula is C18H17F3N4O2. The van der Waals surface area contributed by atoms with Gasteiger partial charge in [-0.3, -0.25) is 4.79 Å². The number of H-pyrrole nitrogens is 1. The summed E-state index contributed by atoms with van der Waals surface area (Å²) in [6.45, 7) is 0.965. The highest BCUT2D eigenvalue weighted by atomic mass is 19.4. The number of pyridine rings is 1. The fourth-order valence-electron chi connectivity index (χ4n) is 2.69. The SMILES string of the molecule is O=C(NCCCn1ccc2ccccc21)Nc1cc(C(F)(F)F)c[nH]c1=O. The second kappa shape index (κ2) is 7.56. The first-order chi connectivity index (χ1) is 12.8. The van der Waals surface area contributed by atoms with Crippen molar-refractivity contribution in [1.82, 2.24) is 14.9 Å². The maximum atomic E-state index is 12.7. The number of amides is 2. The van der Waals surface area contributed by atoms with Crippen molar-refractivity contribution in [2.45, 2.75) is 19.1 Å². The molecule has 0 saturated heterocycles. The molecule has 0 saturated carbocycles. The summed E-state index contributed by atoms with van der Waals surface area (Å²) in [4.78, 5) is 25.4. The lowest BCUT2D eigenvalue weighted by atomic mass is 10.2. The zero-order chi connectivity index (χ0) is 19.4. The van der Waals surface area contributed by atoms with E-state index in [0.717, 1.165) is 10.9 Å². The molecule has 3 N–H and O–H groups in total. The molecule has 3 rings (SSSR count). The number of para-hydroxylation sites is 1. The lowest BCUT2D eigenvalue weighted by molar-refractivity contribution is -0.137. The zero-order valence-electron chi connectivity index (χ0n) is 14.1. The van der Waals surface area contributed by atoms with Gasteiger partial charge in [0.1, 0.15) is 5.69 Å². The van der Waals surface area contributed by atoms with Gasteiger partial charge in [0.15, 0.2) is 0 Å². The Hall–Kier alpha value is -3.23. The number of urea groups is 1. The first-order valence-corrected chi connectivity index (χ1v) is 8.23. The summed E-state index contributed by atoms with van der Waals surface area (Å²) < 4.78 is 40.1. The van der Waals surface area contributed by atoms with Crippen LogP contribution in [-0.2, 0) is 12.7 Å². The molecule has 27 heavy (non-hydrogen) atoms. The highest BCUT2D eigenvalue weighted by Crippen LogP contribution is 2.29. The van der Waals surface area contributed by atoms with E-state index in [1.54, 1.807) is 0 Å². The molecule has 9 heteroatoms. The van der Waals surface area contributed by atoms with E-state index >= 15 is 0 Å². The summed E-state index contributed by atoms with van der Waals surface area (Å²) in [5, 5.41) is 5.79. The summed E-state index contributed by atoms with van der Waals surface area (Å²) in [7, 11) is 0. The number of aromatic nitrogens is 2. The maximum absolute atomic E-state index is 12.7. The number of carbonyl (C=O) groups excluding carboxylic acids is 1. The van der Waals surface area contributed by atoms with Crippen LogP contribution in [0.4, 0.5) is 23.7 Å². The Labute approximate surface area is 152 Å². The number of hydrogen-bond acceptors (Lipinski definition) is 2. The maximum Gasteiger partial charge on any atom is 0.417 e. The molecular weight excluding hydrogens is 361 g/mol. The van der Waals surface area contributed by atoms with Crippen molar-refractivity contribution >= 4 is 22.6 Å². The minimum atomic E-state index is -4.61. The van der Waals surface area contributed by atoms with Gasteiger partial charge in [-0.05, 0) is 30.0 Å². The summed E-state index contributed by atoms with van der Waals surface area (Å²) in [6.07, 6.45) is -1.48. The number of nitrogens with one attached hydrogen (secondary N) is 3. The lowest BCUT2D eigenvalue weighted by Gasteiger charge is -2.10. The van der Waals surface area contributed by atoms with Crippen molar-refractivity contribution in [3.8, 4) is 0 Å². The molecule has 0 radical (unpaired) electrons. The number of alkyl halides is 3. The van der Waals surface area contributed by atoms with Crippen LogP contribution in [0.25, 0.3) is 10.9 Å². The fourth-order valence-corrected chi connectivity index (χ4v) is 2.69. The van der Waals surface area contributed by atoms with E-state index in [1.165, 1.54) is 0 Å². The molecule has 142 valence electrons. The van der Waals surface area contributed by atoms with Crippen molar-refractivity contribution in [2.24, 2.45) is 0 Å². The van der Waals surface area contributed by atoms with Crippen molar-refractivity contribution in [3.05, 3.63) is 64.7 Å². The van der Waals surface area contributed by atoms with Gasteiger partial charge in [0.25, 0.3) is 5.56 Å². The molecule has 6 nitrogen and oxygen atoms in total. The third-order valence-electron chi connectivity index (χ3n) is 4.02. The molecule has 3 aromatic rings. The molecule has 2 heterocycles. The number of nitrogens with zero attached hydrogens (tertiary/aromatic N) is 1. The van der Waals surface area contributed by atoms with Crippen LogP contribution in [0.3, 0.4) is 0 Å². The molecule has 1 aromatic carbocycles. The second-order valence-corrected chi connectivity index (χ2v) is 5.93. The molecule has 0 atom stereocenters. The predicted octanol–water partition coefficient (Wildman–Crippen LogP) is 3.56. The van der Waals surface area contributed by atoms with Gasteiger partial charge >= 0.3 is 12.2 Å². The van der Waals surface area contributed by atoms with Gasteiger partial charge in [0.05, 0.1) is 5.56 Å². The number of carbonyl (C=O) groups is 1. The van der Waals surface area contributed by atoms with Gasteiger partial charge in [0, 0.05) is 31.0 Å². The van der Waals surface area contributed by atoms with Crippen LogP contribution in [0.15, 0.2) is 53.6 Å². The minimum absolute atomic E-state index is 0.301.